The standard InChI is InChI=1S/C25H27NO4/c1-2-3-16-28-22-13-9-10-20(19-22)25(27)26-23-14-7-8-15-24(23)30-18-17-29-21-11-5-4-6-12-21/h4-15,19H,2-3,16-18H2,1H3,(H,26,27). The number of nitrogens with one attached hydrogen (secondary N) is 1. The molecule has 1 amide bonds. The average molecular weight is 405 g/mol. The molecule has 0 aliphatic rings. The van der Waals surface area contributed by atoms with E-state index in [0.717, 1.165) is 18.6 Å². The van der Waals surface area contributed by atoms with Gasteiger partial charge in [-0.1, -0.05) is 49.7 Å². The summed E-state index contributed by atoms with van der Waals surface area (Å²) in [6, 6.07) is 24.1. The monoisotopic (exact) mass is 405 g/mol. The molecule has 0 aliphatic carbocycles. The fraction of sp³-hybridized carbons (Fsp3) is 0.240. The van der Waals surface area contributed by atoms with Gasteiger partial charge in [0, 0.05) is 5.56 Å². The molecule has 0 bridgehead atoms. The molecule has 0 aromatic heterocycles. The highest BCUT2D eigenvalue weighted by molar-refractivity contribution is 6.05. The first-order chi connectivity index (χ1) is 14.8. The van der Waals surface area contributed by atoms with Crippen LogP contribution in [0.3, 0.4) is 0 Å². The van der Waals surface area contributed by atoms with E-state index in [9.17, 15) is 4.79 Å². The van der Waals surface area contributed by atoms with Gasteiger partial charge in [0.25, 0.3) is 5.91 Å². The maximum atomic E-state index is 12.7. The molecule has 1 N–H and O–H groups in total. The zero-order valence-corrected chi connectivity index (χ0v) is 17.2. The van der Waals surface area contributed by atoms with Crippen LogP contribution >= 0.6 is 0 Å². The molecule has 156 valence electrons. The summed E-state index contributed by atoms with van der Waals surface area (Å²) >= 11 is 0. The molecule has 0 saturated heterocycles. The zero-order chi connectivity index (χ0) is 21.0. The lowest BCUT2D eigenvalue weighted by Crippen LogP contribution is -2.14. The smallest absolute Gasteiger partial charge is 0.255 e. The number of para-hydroxylation sites is 3. The van der Waals surface area contributed by atoms with E-state index in [4.69, 9.17) is 14.2 Å². The number of benzene rings is 3. The van der Waals surface area contributed by atoms with Gasteiger partial charge >= 0.3 is 0 Å². The van der Waals surface area contributed by atoms with Crippen LogP contribution in [-0.4, -0.2) is 25.7 Å². The van der Waals surface area contributed by atoms with Crippen molar-refractivity contribution in [1.82, 2.24) is 0 Å². The molecule has 3 rings (SSSR count). The van der Waals surface area contributed by atoms with Gasteiger partial charge in [0.1, 0.15) is 30.5 Å². The van der Waals surface area contributed by atoms with Crippen molar-refractivity contribution in [3.63, 3.8) is 0 Å². The van der Waals surface area contributed by atoms with Gasteiger partial charge in [0.05, 0.1) is 12.3 Å². The topological polar surface area (TPSA) is 56.8 Å². The van der Waals surface area contributed by atoms with Crippen LogP contribution in [0, 0.1) is 0 Å². The van der Waals surface area contributed by atoms with Crippen molar-refractivity contribution in [2.75, 3.05) is 25.1 Å². The van der Waals surface area contributed by atoms with Crippen molar-refractivity contribution in [3.8, 4) is 17.2 Å². The van der Waals surface area contributed by atoms with Crippen LogP contribution in [0.2, 0.25) is 0 Å². The highest BCUT2D eigenvalue weighted by Crippen LogP contribution is 2.25. The highest BCUT2D eigenvalue weighted by Gasteiger charge is 2.11. The third-order valence-electron chi connectivity index (χ3n) is 4.35. The Hall–Kier alpha value is -3.47. The molecule has 0 saturated carbocycles. The van der Waals surface area contributed by atoms with Crippen LogP contribution in [0.15, 0.2) is 78.9 Å². The second-order valence-electron chi connectivity index (χ2n) is 6.69. The molecule has 3 aromatic carbocycles. The van der Waals surface area contributed by atoms with Gasteiger partial charge in [-0.15, -0.1) is 0 Å². The van der Waals surface area contributed by atoms with Crippen LogP contribution in [0.4, 0.5) is 5.69 Å². The summed E-state index contributed by atoms with van der Waals surface area (Å²) in [6.45, 7) is 3.52. The summed E-state index contributed by atoms with van der Waals surface area (Å²) in [5.74, 6) is 1.87. The average Bonchev–Trinajstić information content (AvgIpc) is 2.79. The molecule has 0 radical (unpaired) electrons. The molecular formula is C25H27NO4. The van der Waals surface area contributed by atoms with E-state index in [0.29, 0.717) is 42.6 Å². The van der Waals surface area contributed by atoms with Crippen LogP contribution in [-0.2, 0) is 0 Å². The minimum absolute atomic E-state index is 0.215. The second kappa shape index (κ2) is 11.5. The number of amides is 1. The summed E-state index contributed by atoms with van der Waals surface area (Å²) in [7, 11) is 0. The summed E-state index contributed by atoms with van der Waals surface area (Å²) in [5, 5.41) is 2.92. The van der Waals surface area contributed by atoms with Crippen molar-refractivity contribution < 1.29 is 19.0 Å². The number of ether oxygens (including phenoxy) is 3. The second-order valence-corrected chi connectivity index (χ2v) is 6.69. The van der Waals surface area contributed by atoms with Crippen molar-refractivity contribution >= 4 is 11.6 Å². The Bertz CT molecular complexity index is 927. The predicted molar refractivity (Wildman–Crippen MR) is 119 cm³/mol. The molecule has 3 aromatic rings. The third kappa shape index (κ3) is 6.55. The van der Waals surface area contributed by atoms with E-state index in [2.05, 4.69) is 12.2 Å². The fourth-order valence-corrected chi connectivity index (χ4v) is 2.78. The molecule has 0 unspecified atom stereocenters. The maximum absolute atomic E-state index is 12.7. The summed E-state index contributed by atoms with van der Waals surface area (Å²) in [5.41, 5.74) is 1.14. The lowest BCUT2D eigenvalue weighted by molar-refractivity contribution is 0.102. The van der Waals surface area contributed by atoms with Gasteiger partial charge in [-0.05, 0) is 48.9 Å². The molecule has 5 heteroatoms. The Morgan fingerprint density at radius 1 is 0.767 bits per heavy atom. The van der Waals surface area contributed by atoms with Crippen LogP contribution in [0.25, 0.3) is 0 Å². The summed E-state index contributed by atoms with van der Waals surface area (Å²) in [6.07, 6.45) is 2.04. The van der Waals surface area contributed by atoms with Gasteiger partial charge in [-0.25, -0.2) is 0 Å². The van der Waals surface area contributed by atoms with Gasteiger partial charge in [0.2, 0.25) is 0 Å². The molecular weight excluding hydrogens is 378 g/mol. The molecule has 0 aliphatic heterocycles. The third-order valence-corrected chi connectivity index (χ3v) is 4.35. The molecule has 0 fully saturated rings. The minimum Gasteiger partial charge on any atom is -0.494 e. The van der Waals surface area contributed by atoms with E-state index >= 15 is 0 Å². The van der Waals surface area contributed by atoms with Crippen LogP contribution in [0.5, 0.6) is 17.2 Å². The SMILES string of the molecule is CCCCOc1cccc(C(=O)Nc2ccccc2OCCOc2ccccc2)c1. The Morgan fingerprint density at radius 2 is 1.47 bits per heavy atom. The molecule has 30 heavy (non-hydrogen) atoms. The first-order valence-corrected chi connectivity index (χ1v) is 10.2. The van der Waals surface area contributed by atoms with E-state index in [1.807, 2.05) is 66.7 Å². The van der Waals surface area contributed by atoms with E-state index in [1.54, 1.807) is 12.1 Å². The Labute approximate surface area is 177 Å². The quantitative estimate of drug-likeness (QED) is 0.423. The molecule has 0 spiro atoms. The van der Waals surface area contributed by atoms with Crippen LogP contribution < -0.4 is 19.5 Å². The number of carbonyl (C=O) groups is 1. The number of hydrogen-bond acceptors (Lipinski definition) is 4. The van der Waals surface area contributed by atoms with Gasteiger partial charge in [0.15, 0.2) is 0 Å². The Morgan fingerprint density at radius 3 is 2.30 bits per heavy atom. The van der Waals surface area contributed by atoms with Crippen molar-refractivity contribution in [2.24, 2.45) is 0 Å². The lowest BCUT2D eigenvalue weighted by Gasteiger charge is -2.13. The van der Waals surface area contributed by atoms with Crippen LogP contribution in [0.1, 0.15) is 30.1 Å². The highest BCUT2D eigenvalue weighted by atomic mass is 16.5. The van der Waals surface area contributed by atoms with E-state index in [1.165, 1.54) is 0 Å². The number of rotatable bonds is 11. The lowest BCUT2D eigenvalue weighted by atomic mass is 10.2. The largest absolute Gasteiger partial charge is 0.494 e. The van der Waals surface area contributed by atoms with Crippen molar-refractivity contribution in [2.45, 2.75) is 19.8 Å². The molecule has 0 heterocycles. The first kappa shape index (κ1) is 21.2. The first-order valence-electron chi connectivity index (χ1n) is 10.2. The number of anilines is 1. The normalized spacial score (nSPS) is 10.3. The van der Waals surface area contributed by atoms with Gasteiger partial charge in [-0.2, -0.15) is 0 Å². The van der Waals surface area contributed by atoms with Crippen molar-refractivity contribution in [3.05, 3.63) is 84.4 Å². The summed E-state index contributed by atoms with van der Waals surface area (Å²) in [4.78, 5) is 12.7. The number of unbranched alkanes of at least 4 members (excludes halogenated alkanes) is 1. The summed E-state index contributed by atoms with van der Waals surface area (Å²) < 4.78 is 17.2. The number of hydrogen-bond donors (Lipinski definition) is 1. The molecule has 0 atom stereocenters. The van der Waals surface area contributed by atoms with E-state index in [-0.39, 0.29) is 5.91 Å². The van der Waals surface area contributed by atoms with Crippen molar-refractivity contribution in [1.29, 1.82) is 0 Å². The fourth-order valence-electron chi connectivity index (χ4n) is 2.78. The Kier molecular flexibility index (Phi) is 8.15. The van der Waals surface area contributed by atoms with E-state index < -0.39 is 0 Å². The minimum atomic E-state index is -0.215. The molecule has 5 nitrogen and oxygen atoms in total. The van der Waals surface area contributed by atoms with Gasteiger partial charge < -0.3 is 19.5 Å². The Balaban J connectivity index is 1.56. The zero-order valence-electron chi connectivity index (χ0n) is 17.2. The number of carbonyl (C=O) groups excluding carboxylic acids is 1. The van der Waals surface area contributed by atoms with Gasteiger partial charge in [-0.3, -0.25) is 4.79 Å². The predicted octanol–water partition coefficient (Wildman–Crippen LogP) is 5.58. The maximum Gasteiger partial charge on any atom is 0.255 e.